The molecule has 1 N–H and O–H groups in total. The fourth-order valence-electron chi connectivity index (χ4n) is 1.67. The number of hydrogen-bond acceptors (Lipinski definition) is 4. The maximum atomic E-state index is 12.0. The van der Waals surface area contributed by atoms with Gasteiger partial charge in [-0.2, -0.15) is 0 Å². The first-order valence-corrected chi connectivity index (χ1v) is 6.53. The lowest BCUT2D eigenvalue weighted by atomic mass is 10.2. The maximum Gasteiger partial charge on any atom is 0.305 e. The van der Waals surface area contributed by atoms with E-state index in [2.05, 4.69) is 5.43 Å². The first kappa shape index (κ1) is 15.2. The van der Waals surface area contributed by atoms with Gasteiger partial charge in [-0.15, -0.1) is 0 Å². The van der Waals surface area contributed by atoms with Gasteiger partial charge < -0.3 is 9.21 Å². The second-order valence-electron chi connectivity index (χ2n) is 4.28. The molecule has 0 unspecified atom stereocenters. The van der Waals surface area contributed by atoms with Gasteiger partial charge in [0, 0.05) is 6.08 Å². The lowest BCUT2D eigenvalue weighted by Gasteiger charge is -2.18. The minimum Gasteiger partial charge on any atom is -0.459 e. The van der Waals surface area contributed by atoms with Crippen molar-refractivity contribution in [3.8, 4) is 0 Å². The first-order valence-electron chi connectivity index (χ1n) is 6.53. The predicted molar refractivity (Wildman–Crippen MR) is 79.4 cm³/mol. The zero-order valence-electron chi connectivity index (χ0n) is 11.6. The van der Waals surface area contributed by atoms with Crippen molar-refractivity contribution in [3.05, 3.63) is 66.1 Å². The summed E-state index contributed by atoms with van der Waals surface area (Å²) >= 11 is 0. The smallest absolute Gasteiger partial charge is 0.305 e. The van der Waals surface area contributed by atoms with Gasteiger partial charge in [-0.3, -0.25) is 15.0 Å². The molecular formula is C16H14N2O4. The molecule has 6 heteroatoms. The molecule has 0 saturated heterocycles. The minimum atomic E-state index is -0.603. The largest absolute Gasteiger partial charge is 0.459 e. The van der Waals surface area contributed by atoms with E-state index in [0.29, 0.717) is 6.29 Å². The summed E-state index contributed by atoms with van der Waals surface area (Å²) < 4.78 is 4.93. The molecule has 1 aromatic carbocycles. The van der Waals surface area contributed by atoms with Crippen LogP contribution in [0.2, 0.25) is 0 Å². The van der Waals surface area contributed by atoms with Gasteiger partial charge in [-0.25, -0.2) is 5.01 Å². The molecule has 2 rings (SSSR count). The molecule has 2 aromatic rings. The van der Waals surface area contributed by atoms with Gasteiger partial charge in [-0.1, -0.05) is 30.3 Å². The zero-order valence-corrected chi connectivity index (χ0v) is 11.6. The van der Waals surface area contributed by atoms with E-state index in [0.717, 1.165) is 10.6 Å². The molecule has 6 nitrogen and oxygen atoms in total. The Balaban J connectivity index is 2.03. The number of rotatable bonds is 5. The summed E-state index contributed by atoms with van der Waals surface area (Å²) in [4.78, 5) is 34.5. The predicted octanol–water partition coefficient (Wildman–Crippen LogP) is 1.67. The average Bonchev–Trinajstić information content (AvgIpc) is 3.07. The van der Waals surface area contributed by atoms with Crippen molar-refractivity contribution in [2.75, 3.05) is 6.54 Å². The van der Waals surface area contributed by atoms with Crippen LogP contribution in [-0.4, -0.2) is 29.7 Å². The molecule has 0 spiro atoms. The van der Waals surface area contributed by atoms with Gasteiger partial charge in [0.2, 0.25) is 0 Å². The molecule has 0 radical (unpaired) electrons. The third-order valence-electron chi connectivity index (χ3n) is 2.72. The number of nitrogens with zero attached hydrogens (tertiary/aromatic N) is 1. The topological polar surface area (TPSA) is 79.6 Å². The van der Waals surface area contributed by atoms with Crippen molar-refractivity contribution >= 4 is 24.2 Å². The van der Waals surface area contributed by atoms with E-state index < -0.39 is 11.8 Å². The van der Waals surface area contributed by atoms with Gasteiger partial charge >= 0.3 is 5.91 Å². The molecule has 112 valence electrons. The Morgan fingerprint density at radius 3 is 2.55 bits per heavy atom. The molecule has 0 aliphatic heterocycles. The van der Waals surface area contributed by atoms with Crippen LogP contribution in [0.5, 0.6) is 0 Å². The standard InChI is InChI=1S/C16H14N2O4/c19-11-10-18(17-16(21)14-7-4-12-22-14)15(20)9-8-13-5-2-1-3-6-13/h1-9,11-12H,10H2,(H,17,21). The Kier molecular flexibility index (Phi) is 5.25. The Hall–Kier alpha value is -3.15. The van der Waals surface area contributed by atoms with Crippen molar-refractivity contribution < 1.29 is 18.8 Å². The molecule has 0 aliphatic rings. The average molecular weight is 298 g/mol. The third kappa shape index (κ3) is 4.17. The number of carbonyl (C=O) groups is 3. The van der Waals surface area contributed by atoms with E-state index in [-0.39, 0.29) is 12.3 Å². The summed E-state index contributed by atoms with van der Waals surface area (Å²) in [6.07, 6.45) is 4.74. The number of carbonyl (C=O) groups excluding carboxylic acids is 3. The van der Waals surface area contributed by atoms with Crippen molar-refractivity contribution in [2.24, 2.45) is 0 Å². The highest BCUT2D eigenvalue weighted by molar-refractivity contribution is 5.97. The monoisotopic (exact) mass is 298 g/mol. The number of furan rings is 1. The van der Waals surface area contributed by atoms with Crippen LogP contribution in [0.3, 0.4) is 0 Å². The molecular weight excluding hydrogens is 284 g/mol. The van der Waals surface area contributed by atoms with Crippen LogP contribution < -0.4 is 5.43 Å². The van der Waals surface area contributed by atoms with Crippen LogP contribution in [0, 0.1) is 0 Å². The molecule has 0 atom stereocenters. The molecule has 0 fully saturated rings. The normalized spacial score (nSPS) is 10.4. The Labute approximate surface area is 127 Å². The van der Waals surface area contributed by atoms with Crippen molar-refractivity contribution in [3.63, 3.8) is 0 Å². The van der Waals surface area contributed by atoms with Gasteiger partial charge in [-0.05, 0) is 23.8 Å². The summed E-state index contributed by atoms with van der Waals surface area (Å²) in [5.74, 6) is -1.07. The lowest BCUT2D eigenvalue weighted by Crippen LogP contribution is -2.46. The second kappa shape index (κ2) is 7.58. The summed E-state index contributed by atoms with van der Waals surface area (Å²) in [6, 6.07) is 12.2. The number of hydrogen-bond donors (Lipinski definition) is 1. The van der Waals surface area contributed by atoms with E-state index in [1.54, 1.807) is 12.1 Å². The van der Waals surface area contributed by atoms with Gasteiger partial charge in [0.25, 0.3) is 5.91 Å². The van der Waals surface area contributed by atoms with Gasteiger partial charge in [0.15, 0.2) is 5.76 Å². The Morgan fingerprint density at radius 1 is 1.14 bits per heavy atom. The SMILES string of the molecule is O=CCN(NC(=O)c1ccco1)C(=O)C=Cc1ccccc1. The van der Waals surface area contributed by atoms with Crippen LogP contribution in [0.4, 0.5) is 0 Å². The molecule has 22 heavy (non-hydrogen) atoms. The highest BCUT2D eigenvalue weighted by Crippen LogP contribution is 2.03. The van der Waals surface area contributed by atoms with Crippen LogP contribution >= 0.6 is 0 Å². The summed E-state index contributed by atoms with van der Waals surface area (Å²) in [7, 11) is 0. The van der Waals surface area contributed by atoms with E-state index in [1.807, 2.05) is 30.3 Å². The van der Waals surface area contributed by atoms with Gasteiger partial charge in [0.05, 0.1) is 12.8 Å². The first-order chi connectivity index (χ1) is 10.7. The quantitative estimate of drug-likeness (QED) is 0.517. The van der Waals surface area contributed by atoms with Crippen LogP contribution in [0.1, 0.15) is 16.1 Å². The van der Waals surface area contributed by atoms with E-state index in [9.17, 15) is 14.4 Å². The molecule has 0 aliphatic carbocycles. The number of nitrogens with one attached hydrogen (secondary N) is 1. The molecule has 0 saturated carbocycles. The maximum absolute atomic E-state index is 12.0. The van der Waals surface area contributed by atoms with Gasteiger partial charge in [0.1, 0.15) is 6.29 Å². The molecule has 1 heterocycles. The zero-order chi connectivity index (χ0) is 15.8. The Morgan fingerprint density at radius 2 is 1.91 bits per heavy atom. The van der Waals surface area contributed by atoms with Crippen LogP contribution in [-0.2, 0) is 9.59 Å². The summed E-state index contributed by atoms with van der Waals surface area (Å²) in [5, 5.41) is 0.914. The number of aldehydes is 1. The number of hydrazine groups is 1. The number of amides is 2. The third-order valence-corrected chi connectivity index (χ3v) is 2.72. The molecule has 0 bridgehead atoms. The minimum absolute atomic E-state index is 0.0516. The van der Waals surface area contributed by atoms with E-state index in [1.165, 1.54) is 18.4 Å². The highest BCUT2D eigenvalue weighted by Gasteiger charge is 2.16. The fraction of sp³-hybridized carbons (Fsp3) is 0.0625. The second-order valence-corrected chi connectivity index (χ2v) is 4.28. The molecule has 2 amide bonds. The van der Waals surface area contributed by atoms with Crippen LogP contribution in [0.15, 0.2) is 59.2 Å². The lowest BCUT2D eigenvalue weighted by molar-refractivity contribution is -0.130. The highest BCUT2D eigenvalue weighted by atomic mass is 16.3. The summed E-state index contributed by atoms with van der Waals surface area (Å²) in [5.41, 5.74) is 3.16. The van der Waals surface area contributed by atoms with Crippen LogP contribution in [0.25, 0.3) is 6.08 Å². The van der Waals surface area contributed by atoms with Crippen molar-refractivity contribution in [1.82, 2.24) is 10.4 Å². The van der Waals surface area contributed by atoms with Crippen molar-refractivity contribution in [1.29, 1.82) is 0 Å². The Bertz CT molecular complexity index is 663. The van der Waals surface area contributed by atoms with E-state index >= 15 is 0 Å². The fourth-order valence-corrected chi connectivity index (χ4v) is 1.67. The summed E-state index contributed by atoms with van der Waals surface area (Å²) in [6.45, 7) is -0.260. The molecule has 1 aromatic heterocycles. The number of benzene rings is 1. The van der Waals surface area contributed by atoms with E-state index in [4.69, 9.17) is 4.42 Å². The van der Waals surface area contributed by atoms with Crippen molar-refractivity contribution in [2.45, 2.75) is 0 Å².